The van der Waals surface area contributed by atoms with Gasteiger partial charge in [-0.05, 0) is 26.0 Å². The number of para-hydroxylation sites is 1. The number of aliphatic imine (C=N–C) groups is 1. The van der Waals surface area contributed by atoms with Gasteiger partial charge >= 0.3 is 5.97 Å². The molecule has 2 rings (SSSR count). The Hall–Kier alpha value is -2.37. The van der Waals surface area contributed by atoms with Crippen LogP contribution in [0.5, 0.6) is 0 Å². The number of guanidine groups is 1. The number of carbonyl (C=O) groups is 2. The summed E-state index contributed by atoms with van der Waals surface area (Å²) >= 11 is 0. The third-order valence-corrected chi connectivity index (χ3v) is 2.82. The molecule has 0 spiro atoms. The van der Waals surface area contributed by atoms with Crippen molar-refractivity contribution in [1.29, 1.82) is 0 Å². The molecule has 0 saturated heterocycles. The second kappa shape index (κ2) is 6.18. The lowest BCUT2D eigenvalue weighted by Gasteiger charge is -2.18. The molecule has 20 heavy (non-hydrogen) atoms. The van der Waals surface area contributed by atoms with E-state index in [9.17, 15) is 9.59 Å². The summed E-state index contributed by atoms with van der Waals surface area (Å²) in [6.45, 7) is 3.58. The van der Waals surface area contributed by atoms with Crippen molar-refractivity contribution in [1.82, 2.24) is 4.90 Å². The molecule has 106 valence electrons. The van der Waals surface area contributed by atoms with E-state index in [1.54, 1.807) is 13.8 Å². The third kappa shape index (κ3) is 3.14. The number of anilines is 1. The number of amides is 1. The molecular formula is C14H17N3O3. The minimum atomic E-state index is -0.490. The van der Waals surface area contributed by atoms with Crippen molar-refractivity contribution < 1.29 is 14.3 Å². The Labute approximate surface area is 117 Å². The predicted molar refractivity (Wildman–Crippen MR) is 75.3 cm³/mol. The van der Waals surface area contributed by atoms with Crippen molar-refractivity contribution in [2.45, 2.75) is 19.9 Å². The number of esters is 1. The molecule has 1 atom stereocenters. The number of nitrogens with one attached hydrogen (secondary N) is 1. The Kier molecular flexibility index (Phi) is 4.34. The van der Waals surface area contributed by atoms with Crippen LogP contribution in [0, 0.1) is 0 Å². The Balaban J connectivity index is 2.10. The van der Waals surface area contributed by atoms with Crippen LogP contribution in [0.15, 0.2) is 35.3 Å². The highest BCUT2D eigenvalue weighted by molar-refractivity contribution is 6.11. The first-order chi connectivity index (χ1) is 9.61. The van der Waals surface area contributed by atoms with E-state index in [0.29, 0.717) is 5.96 Å². The SMILES string of the molecule is CCOC(=O)CN1C(=O)[C@H](C)N=C1Nc1ccccc1. The van der Waals surface area contributed by atoms with Crippen LogP contribution in [0.3, 0.4) is 0 Å². The number of carbonyl (C=O) groups excluding carboxylic acids is 2. The van der Waals surface area contributed by atoms with Crippen molar-refractivity contribution in [3.8, 4) is 0 Å². The monoisotopic (exact) mass is 275 g/mol. The van der Waals surface area contributed by atoms with Gasteiger partial charge in [-0.3, -0.25) is 14.5 Å². The zero-order valence-electron chi connectivity index (χ0n) is 11.5. The highest BCUT2D eigenvalue weighted by Gasteiger charge is 2.33. The van der Waals surface area contributed by atoms with E-state index in [1.165, 1.54) is 4.90 Å². The van der Waals surface area contributed by atoms with Crippen LogP contribution in [0.2, 0.25) is 0 Å². The molecule has 1 amide bonds. The summed E-state index contributed by atoms with van der Waals surface area (Å²) in [4.78, 5) is 29.1. The summed E-state index contributed by atoms with van der Waals surface area (Å²) in [5.41, 5.74) is 0.807. The van der Waals surface area contributed by atoms with Gasteiger partial charge in [0.1, 0.15) is 12.6 Å². The van der Waals surface area contributed by atoms with E-state index in [2.05, 4.69) is 10.3 Å². The molecule has 0 aliphatic carbocycles. The van der Waals surface area contributed by atoms with Crippen molar-refractivity contribution in [2.24, 2.45) is 4.99 Å². The average Bonchev–Trinajstić information content (AvgIpc) is 2.68. The van der Waals surface area contributed by atoms with Gasteiger partial charge in [0.2, 0.25) is 5.96 Å². The highest BCUT2D eigenvalue weighted by Crippen LogP contribution is 2.14. The fourth-order valence-corrected chi connectivity index (χ4v) is 1.88. The first kappa shape index (κ1) is 14.0. The topological polar surface area (TPSA) is 71.0 Å². The van der Waals surface area contributed by atoms with Crippen molar-refractivity contribution in [3.63, 3.8) is 0 Å². The Morgan fingerprint density at radius 2 is 2.10 bits per heavy atom. The molecule has 1 aliphatic heterocycles. The van der Waals surface area contributed by atoms with Gasteiger partial charge in [-0.1, -0.05) is 18.2 Å². The first-order valence-corrected chi connectivity index (χ1v) is 6.48. The zero-order chi connectivity index (χ0) is 14.5. The van der Waals surface area contributed by atoms with E-state index in [0.717, 1.165) is 5.69 Å². The van der Waals surface area contributed by atoms with Crippen molar-refractivity contribution >= 4 is 23.5 Å². The molecule has 0 bridgehead atoms. The molecular weight excluding hydrogens is 258 g/mol. The van der Waals surface area contributed by atoms with Crippen LogP contribution in [0.25, 0.3) is 0 Å². The number of hydrogen-bond acceptors (Lipinski definition) is 5. The first-order valence-electron chi connectivity index (χ1n) is 6.48. The second-order valence-corrected chi connectivity index (χ2v) is 4.35. The van der Waals surface area contributed by atoms with E-state index in [4.69, 9.17) is 4.74 Å². The summed E-state index contributed by atoms with van der Waals surface area (Å²) in [5.74, 6) is -0.282. The van der Waals surface area contributed by atoms with Crippen molar-refractivity contribution in [2.75, 3.05) is 18.5 Å². The number of ether oxygens (including phenoxy) is 1. The van der Waals surface area contributed by atoms with Gasteiger partial charge in [0.15, 0.2) is 0 Å². The predicted octanol–water partition coefficient (Wildman–Crippen LogP) is 1.25. The molecule has 1 aromatic carbocycles. The van der Waals surface area contributed by atoms with Crippen LogP contribution in [-0.4, -0.2) is 41.9 Å². The largest absolute Gasteiger partial charge is 0.465 e. The highest BCUT2D eigenvalue weighted by atomic mass is 16.5. The molecule has 6 heteroatoms. The Morgan fingerprint density at radius 3 is 2.75 bits per heavy atom. The summed E-state index contributed by atoms with van der Waals surface area (Å²) in [7, 11) is 0. The van der Waals surface area contributed by atoms with Crippen LogP contribution in [-0.2, 0) is 14.3 Å². The van der Waals surface area contributed by atoms with Gasteiger partial charge in [-0.2, -0.15) is 0 Å². The maximum Gasteiger partial charge on any atom is 0.326 e. The van der Waals surface area contributed by atoms with E-state index in [-0.39, 0.29) is 19.1 Å². The zero-order valence-corrected chi connectivity index (χ0v) is 11.5. The van der Waals surface area contributed by atoms with Crippen LogP contribution in [0.1, 0.15) is 13.8 Å². The normalized spacial score (nSPS) is 17.9. The molecule has 0 radical (unpaired) electrons. The molecule has 0 aromatic heterocycles. The minimum Gasteiger partial charge on any atom is -0.465 e. The third-order valence-electron chi connectivity index (χ3n) is 2.82. The molecule has 6 nitrogen and oxygen atoms in total. The summed E-state index contributed by atoms with van der Waals surface area (Å²) in [6, 6.07) is 8.87. The Morgan fingerprint density at radius 1 is 1.40 bits per heavy atom. The second-order valence-electron chi connectivity index (χ2n) is 4.35. The fourth-order valence-electron chi connectivity index (χ4n) is 1.88. The molecule has 1 aromatic rings. The average molecular weight is 275 g/mol. The van der Waals surface area contributed by atoms with Crippen LogP contribution < -0.4 is 5.32 Å². The lowest BCUT2D eigenvalue weighted by Crippen LogP contribution is -2.42. The van der Waals surface area contributed by atoms with Gasteiger partial charge in [-0.25, -0.2) is 4.99 Å². The van der Waals surface area contributed by atoms with Gasteiger partial charge in [0, 0.05) is 5.69 Å². The molecule has 0 fully saturated rings. The number of nitrogens with zero attached hydrogens (tertiary/aromatic N) is 2. The summed E-state index contributed by atoms with van der Waals surface area (Å²) in [5, 5.41) is 3.05. The summed E-state index contributed by atoms with van der Waals surface area (Å²) in [6.07, 6.45) is 0. The Bertz CT molecular complexity index is 528. The number of hydrogen-bond donors (Lipinski definition) is 1. The smallest absolute Gasteiger partial charge is 0.326 e. The quantitative estimate of drug-likeness (QED) is 0.839. The van der Waals surface area contributed by atoms with Crippen molar-refractivity contribution in [3.05, 3.63) is 30.3 Å². The number of benzene rings is 1. The molecule has 0 unspecified atom stereocenters. The maximum absolute atomic E-state index is 12.0. The molecule has 1 aliphatic rings. The van der Waals surface area contributed by atoms with Crippen LogP contribution >= 0.6 is 0 Å². The lowest BCUT2D eigenvalue weighted by molar-refractivity contribution is -0.146. The van der Waals surface area contributed by atoms with Crippen LogP contribution in [0.4, 0.5) is 5.69 Å². The molecule has 1 heterocycles. The lowest BCUT2D eigenvalue weighted by atomic mass is 10.3. The maximum atomic E-state index is 12.0. The minimum absolute atomic E-state index is 0.129. The standard InChI is InChI=1S/C14H17N3O3/c1-3-20-12(18)9-17-13(19)10(2)15-14(17)16-11-7-5-4-6-8-11/h4-8,10H,3,9H2,1-2H3,(H,15,16)/t10-/m0/s1. The van der Waals surface area contributed by atoms with Gasteiger partial charge in [0.05, 0.1) is 6.61 Å². The van der Waals surface area contributed by atoms with Gasteiger partial charge < -0.3 is 10.1 Å². The van der Waals surface area contributed by atoms with E-state index < -0.39 is 12.0 Å². The van der Waals surface area contributed by atoms with E-state index >= 15 is 0 Å². The fraction of sp³-hybridized carbons (Fsp3) is 0.357. The number of rotatable bonds is 4. The van der Waals surface area contributed by atoms with Gasteiger partial charge in [0.25, 0.3) is 5.91 Å². The van der Waals surface area contributed by atoms with Gasteiger partial charge in [-0.15, -0.1) is 0 Å². The van der Waals surface area contributed by atoms with E-state index in [1.807, 2.05) is 30.3 Å². The molecule has 0 saturated carbocycles. The molecule has 1 N–H and O–H groups in total. The summed E-state index contributed by atoms with van der Waals surface area (Å²) < 4.78 is 4.87.